The molecule has 0 aromatic heterocycles. The molecule has 3 rings (SSSR count). The SMILES string of the molecule is CNC(=O)[C@@H](C)N(Cc1ccccc1C)C(=O)CN(c1ccc(F)c(Cl)c1)S(=O)(=O)c1ccccc1. The van der Waals surface area contributed by atoms with Crippen LogP contribution in [0.15, 0.2) is 77.7 Å². The Hall–Kier alpha value is -3.43. The van der Waals surface area contributed by atoms with Crippen molar-refractivity contribution < 1.29 is 22.4 Å². The summed E-state index contributed by atoms with van der Waals surface area (Å²) in [7, 11) is -2.78. The lowest BCUT2D eigenvalue weighted by Crippen LogP contribution is -2.50. The number of hydrogen-bond acceptors (Lipinski definition) is 4. The van der Waals surface area contributed by atoms with Crippen molar-refractivity contribution in [2.75, 3.05) is 17.9 Å². The largest absolute Gasteiger partial charge is 0.357 e. The highest BCUT2D eigenvalue weighted by Gasteiger charge is 2.32. The van der Waals surface area contributed by atoms with E-state index in [1.807, 2.05) is 31.2 Å². The van der Waals surface area contributed by atoms with Gasteiger partial charge >= 0.3 is 0 Å². The van der Waals surface area contributed by atoms with Crippen LogP contribution in [0.1, 0.15) is 18.1 Å². The standard InChI is InChI=1S/C26H27ClFN3O4S/c1-18-9-7-8-10-20(18)16-30(19(2)26(33)29-3)25(32)17-31(21-13-14-24(28)23(27)15-21)36(34,35)22-11-5-4-6-12-22/h4-15,19H,16-17H2,1-3H3,(H,29,33)/t19-/m1/s1. The average Bonchev–Trinajstić information content (AvgIpc) is 2.87. The molecule has 36 heavy (non-hydrogen) atoms. The Morgan fingerprint density at radius 2 is 1.67 bits per heavy atom. The molecule has 10 heteroatoms. The van der Waals surface area contributed by atoms with Crippen molar-refractivity contribution in [1.82, 2.24) is 10.2 Å². The van der Waals surface area contributed by atoms with Crippen molar-refractivity contribution in [3.05, 3.63) is 94.8 Å². The van der Waals surface area contributed by atoms with E-state index in [0.717, 1.165) is 27.6 Å². The van der Waals surface area contributed by atoms with Crippen molar-refractivity contribution in [1.29, 1.82) is 0 Å². The first kappa shape index (κ1) is 27.2. The summed E-state index contributed by atoms with van der Waals surface area (Å²) in [6, 6.07) is 17.5. The maximum atomic E-state index is 13.9. The average molecular weight is 532 g/mol. The molecule has 0 heterocycles. The van der Waals surface area contributed by atoms with E-state index in [1.54, 1.807) is 25.1 Å². The van der Waals surface area contributed by atoms with Gasteiger partial charge in [0.1, 0.15) is 18.4 Å². The number of nitrogens with zero attached hydrogens (tertiary/aromatic N) is 2. The van der Waals surface area contributed by atoms with Crippen molar-refractivity contribution in [2.24, 2.45) is 0 Å². The number of likely N-dealkylation sites (N-methyl/N-ethyl adjacent to an activating group) is 1. The molecule has 0 fully saturated rings. The minimum Gasteiger partial charge on any atom is -0.357 e. The van der Waals surface area contributed by atoms with Crippen LogP contribution < -0.4 is 9.62 Å². The first-order valence-electron chi connectivity index (χ1n) is 11.1. The lowest BCUT2D eigenvalue weighted by molar-refractivity contribution is -0.139. The molecular formula is C26H27ClFN3O4S. The van der Waals surface area contributed by atoms with E-state index in [1.165, 1.54) is 30.1 Å². The fraction of sp³-hybridized carbons (Fsp3) is 0.231. The fourth-order valence-electron chi connectivity index (χ4n) is 3.65. The summed E-state index contributed by atoms with van der Waals surface area (Å²) in [5.74, 6) is -1.74. The summed E-state index contributed by atoms with van der Waals surface area (Å²) >= 11 is 5.94. The Morgan fingerprint density at radius 1 is 1.03 bits per heavy atom. The molecule has 0 radical (unpaired) electrons. The van der Waals surface area contributed by atoms with Gasteiger partial charge in [-0.25, -0.2) is 12.8 Å². The molecule has 0 unspecified atom stereocenters. The molecule has 1 atom stereocenters. The van der Waals surface area contributed by atoms with Gasteiger partial charge in [0.15, 0.2) is 0 Å². The first-order chi connectivity index (χ1) is 17.1. The second-order valence-electron chi connectivity index (χ2n) is 8.16. The van der Waals surface area contributed by atoms with Gasteiger partial charge in [0.2, 0.25) is 11.8 Å². The molecule has 0 aliphatic heterocycles. The van der Waals surface area contributed by atoms with Crippen LogP contribution in [0.5, 0.6) is 0 Å². The number of carbonyl (C=O) groups is 2. The van der Waals surface area contributed by atoms with Crippen molar-refractivity contribution >= 4 is 39.1 Å². The third-order valence-corrected chi connectivity index (χ3v) is 7.89. The van der Waals surface area contributed by atoms with Crippen molar-refractivity contribution in [3.63, 3.8) is 0 Å². The van der Waals surface area contributed by atoms with E-state index in [-0.39, 0.29) is 22.2 Å². The van der Waals surface area contributed by atoms with Gasteiger partial charge < -0.3 is 10.2 Å². The van der Waals surface area contributed by atoms with Gasteiger partial charge in [0.05, 0.1) is 15.6 Å². The Morgan fingerprint density at radius 3 is 2.28 bits per heavy atom. The van der Waals surface area contributed by atoms with Crippen LogP contribution in [0.2, 0.25) is 5.02 Å². The minimum absolute atomic E-state index is 0.0158. The molecule has 190 valence electrons. The second-order valence-corrected chi connectivity index (χ2v) is 10.4. The van der Waals surface area contributed by atoms with Gasteiger partial charge in [-0.05, 0) is 55.3 Å². The number of rotatable bonds is 9. The van der Waals surface area contributed by atoms with Crippen LogP contribution >= 0.6 is 11.6 Å². The van der Waals surface area contributed by atoms with E-state index in [0.29, 0.717) is 0 Å². The van der Waals surface area contributed by atoms with E-state index in [2.05, 4.69) is 5.32 Å². The zero-order chi connectivity index (χ0) is 26.5. The van der Waals surface area contributed by atoms with Crippen LogP contribution in [0.25, 0.3) is 0 Å². The maximum absolute atomic E-state index is 13.9. The van der Waals surface area contributed by atoms with Crippen LogP contribution in [0.3, 0.4) is 0 Å². The molecule has 0 aliphatic carbocycles. The maximum Gasteiger partial charge on any atom is 0.264 e. The number of sulfonamides is 1. The molecule has 0 aliphatic rings. The molecule has 0 saturated heterocycles. The smallest absolute Gasteiger partial charge is 0.264 e. The van der Waals surface area contributed by atoms with E-state index in [9.17, 15) is 22.4 Å². The van der Waals surface area contributed by atoms with Gasteiger partial charge in [0, 0.05) is 13.6 Å². The normalized spacial score (nSPS) is 12.0. The van der Waals surface area contributed by atoms with Crippen LogP contribution in [0.4, 0.5) is 10.1 Å². The Bertz CT molecular complexity index is 1350. The Balaban J connectivity index is 2.06. The number of hydrogen-bond donors (Lipinski definition) is 1. The monoisotopic (exact) mass is 531 g/mol. The summed E-state index contributed by atoms with van der Waals surface area (Å²) in [6.45, 7) is 2.91. The predicted octanol–water partition coefficient (Wildman–Crippen LogP) is 4.15. The second kappa shape index (κ2) is 11.5. The molecule has 3 aromatic carbocycles. The Labute approximate surface area is 215 Å². The molecular weight excluding hydrogens is 505 g/mol. The van der Waals surface area contributed by atoms with Crippen LogP contribution in [-0.4, -0.2) is 44.8 Å². The molecule has 7 nitrogen and oxygen atoms in total. The molecule has 2 amide bonds. The summed E-state index contributed by atoms with van der Waals surface area (Å²) in [6.07, 6.45) is 0. The number of amides is 2. The Kier molecular flexibility index (Phi) is 8.70. The lowest BCUT2D eigenvalue weighted by atomic mass is 10.1. The molecule has 3 aromatic rings. The summed E-state index contributed by atoms with van der Waals surface area (Å²) < 4.78 is 41.9. The third kappa shape index (κ3) is 6.03. The zero-order valence-electron chi connectivity index (χ0n) is 20.1. The van der Waals surface area contributed by atoms with Gasteiger partial charge in [0.25, 0.3) is 10.0 Å². The van der Waals surface area contributed by atoms with Gasteiger partial charge in [-0.2, -0.15) is 0 Å². The number of benzene rings is 3. The topological polar surface area (TPSA) is 86.8 Å². The number of halogens is 2. The van der Waals surface area contributed by atoms with E-state index in [4.69, 9.17) is 11.6 Å². The number of nitrogens with one attached hydrogen (secondary N) is 1. The number of carbonyl (C=O) groups excluding carboxylic acids is 2. The van der Waals surface area contributed by atoms with E-state index < -0.39 is 40.2 Å². The first-order valence-corrected chi connectivity index (χ1v) is 13.0. The fourth-order valence-corrected chi connectivity index (χ4v) is 5.25. The molecule has 0 bridgehead atoms. The highest BCUT2D eigenvalue weighted by Crippen LogP contribution is 2.28. The highest BCUT2D eigenvalue weighted by atomic mass is 35.5. The van der Waals surface area contributed by atoms with Crippen molar-refractivity contribution in [3.8, 4) is 0 Å². The van der Waals surface area contributed by atoms with Gasteiger partial charge in [-0.15, -0.1) is 0 Å². The van der Waals surface area contributed by atoms with Crippen LogP contribution in [0, 0.1) is 12.7 Å². The van der Waals surface area contributed by atoms with Gasteiger partial charge in [-0.1, -0.05) is 54.1 Å². The molecule has 0 spiro atoms. The number of aryl methyl sites for hydroxylation is 1. The highest BCUT2D eigenvalue weighted by molar-refractivity contribution is 7.92. The third-order valence-electron chi connectivity index (χ3n) is 5.82. The summed E-state index contributed by atoms with van der Waals surface area (Å²) in [5.41, 5.74) is 1.74. The molecule has 1 N–H and O–H groups in total. The van der Waals surface area contributed by atoms with Crippen LogP contribution in [-0.2, 0) is 26.2 Å². The molecule has 0 saturated carbocycles. The van der Waals surface area contributed by atoms with E-state index >= 15 is 0 Å². The quantitative estimate of drug-likeness (QED) is 0.449. The minimum atomic E-state index is -4.24. The van der Waals surface area contributed by atoms with Gasteiger partial charge in [-0.3, -0.25) is 13.9 Å². The zero-order valence-corrected chi connectivity index (χ0v) is 21.7. The van der Waals surface area contributed by atoms with Crippen molar-refractivity contribution in [2.45, 2.75) is 31.3 Å². The summed E-state index contributed by atoms with van der Waals surface area (Å²) in [4.78, 5) is 27.4. The predicted molar refractivity (Wildman–Crippen MR) is 138 cm³/mol. The number of anilines is 1. The summed E-state index contributed by atoms with van der Waals surface area (Å²) in [5, 5.41) is 2.24. The lowest BCUT2D eigenvalue weighted by Gasteiger charge is -2.32.